The van der Waals surface area contributed by atoms with Crippen molar-refractivity contribution in [3.63, 3.8) is 0 Å². The molecule has 2 heterocycles. The van der Waals surface area contributed by atoms with Gasteiger partial charge in [-0.1, -0.05) is 0 Å². The SMILES string of the molecule is CCn1c(C(C)N)nc2c1c(=O)n(C)c(=O)n2C(C)C. The van der Waals surface area contributed by atoms with Gasteiger partial charge in [0.15, 0.2) is 11.2 Å². The Kier molecular flexibility index (Phi) is 3.56. The van der Waals surface area contributed by atoms with E-state index in [0.29, 0.717) is 23.5 Å². The molecule has 0 spiro atoms. The summed E-state index contributed by atoms with van der Waals surface area (Å²) in [6, 6.07) is -0.388. The van der Waals surface area contributed by atoms with Gasteiger partial charge in [0, 0.05) is 19.6 Å². The summed E-state index contributed by atoms with van der Waals surface area (Å²) >= 11 is 0. The number of nitrogens with two attached hydrogens (primary N) is 1. The van der Waals surface area contributed by atoms with E-state index in [0.717, 1.165) is 4.57 Å². The number of hydrogen-bond donors (Lipinski definition) is 1. The molecule has 1 unspecified atom stereocenters. The van der Waals surface area contributed by atoms with E-state index < -0.39 is 0 Å². The first kappa shape index (κ1) is 14.5. The molecule has 7 nitrogen and oxygen atoms in total. The van der Waals surface area contributed by atoms with E-state index in [4.69, 9.17) is 5.73 Å². The second kappa shape index (κ2) is 4.90. The summed E-state index contributed by atoms with van der Waals surface area (Å²) in [5, 5.41) is 0. The average molecular weight is 279 g/mol. The summed E-state index contributed by atoms with van der Waals surface area (Å²) in [4.78, 5) is 29.1. The zero-order valence-electron chi connectivity index (χ0n) is 12.5. The van der Waals surface area contributed by atoms with Crippen LogP contribution in [0.4, 0.5) is 0 Å². The van der Waals surface area contributed by atoms with E-state index >= 15 is 0 Å². The highest BCUT2D eigenvalue weighted by atomic mass is 16.2. The van der Waals surface area contributed by atoms with E-state index in [9.17, 15) is 9.59 Å². The van der Waals surface area contributed by atoms with Crippen LogP contribution in [0.5, 0.6) is 0 Å². The Bertz CT molecular complexity index is 764. The Labute approximate surface area is 116 Å². The van der Waals surface area contributed by atoms with Crippen molar-refractivity contribution in [2.45, 2.75) is 46.3 Å². The first-order valence-corrected chi connectivity index (χ1v) is 6.78. The standard InChI is InChI=1S/C13H21N5O2/c1-6-17-9-11(15-10(17)8(4)14)18(7(2)3)13(20)16(5)12(9)19/h7-8H,6,14H2,1-5H3. The van der Waals surface area contributed by atoms with Crippen molar-refractivity contribution in [2.24, 2.45) is 12.8 Å². The molecule has 0 bridgehead atoms. The lowest BCUT2D eigenvalue weighted by Crippen LogP contribution is -2.39. The Hall–Kier alpha value is -1.89. The smallest absolute Gasteiger partial charge is 0.322 e. The molecule has 110 valence electrons. The van der Waals surface area contributed by atoms with Gasteiger partial charge in [0.25, 0.3) is 5.56 Å². The van der Waals surface area contributed by atoms with Crippen molar-refractivity contribution in [3.05, 3.63) is 26.7 Å². The third kappa shape index (κ3) is 1.89. The molecule has 0 fully saturated rings. The van der Waals surface area contributed by atoms with Crippen LogP contribution in [-0.4, -0.2) is 18.7 Å². The van der Waals surface area contributed by atoms with Crippen LogP contribution in [0.3, 0.4) is 0 Å². The van der Waals surface area contributed by atoms with Crippen LogP contribution >= 0.6 is 0 Å². The Balaban J connectivity index is 3.10. The number of fused-ring (bicyclic) bond motifs is 1. The summed E-state index contributed by atoms with van der Waals surface area (Å²) in [6.07, 6.45) is 0. The monoisotopic (exact) mass is 279 g/mol. The molecular weight excluding hydrogens is 258 g/mol. The quantitative estimate of drug-likeness (QED) is 0.887. The van der Waals surface area contributed by atoms with Gasteiger partial charge in [-0.25, -0.2) is 9.78 Å². The lowest BCUT2D eigenvalue weighted by Gasteiger charge is -2.12. The van der Waals surface area contributed by atoms with Crippen molar-refractivity contribution in [2.75, 3.05) is 0 Å². The van der Waals surface area contributed by atoms with Crippen molar-refractivity contribution in [1.82, 2.24) is 18.7 Å². The highest BCUT2D eigenvalue weighted by Crippen LogP contribution is 2.18. The van der Waals surface area contributed by atoms with Gasteiger partial charge in [0.2, 0.25) is 0 Å². The second-order valence-corrected chi connectivity index (χ2v) is 5.29. The first-order chi connectivity index (χ1) is 9.31. The molecule has 1 atom stereocenters. The topological polar surface area (TPSA) is 87.8 Å². The van der Waals surface area contributed by atoms with Crippen molar-refractivity contribution < 1.29 is 0 Å². The molecule has 0 aliphatic carbocycles. The zero-order chi connectivity index (χ0) is 15.2. The Morgan fingerprint density at radius 1 is 1.25 bits per heavy atom. The van der Waals surface area contributed by atoms with Crippen LogP contribution in [0, 0.1) is 0 Å². The number of imidazole rings is 1. The van der Waals surface area contributed by atoms with Crippen LogP contribution in [0.1, 0.15) is 45.6 Å². The van der Waals surface area contributed by atoms with Gasteiger partial charge in [0.05, 0.1) is 6.04 Å². The molecular formula is C13H21N5O2. The maximum absolute atomic E-state index is 12.4. The third-order valence-corrected chi connectivity index (χ3v) is 3.45. The number of rotatable bonds is 3. The third-order valence-electron chi connectivity index (χ3n) is 3.45. The number of aromatic nitrogens is 4. The highest BCUT2D eigenvalue weighted by molar-refractivity contribution is 5.71. The molecule has 0 aliphatic rings. The molecule has 0 aliphatic heterocycles. The fraction of sp³-hybridized carbons (Fsp3) is 0.615. The van der Waals surface area contributed by atoms with Crippen molar-refractivity contribution in [1.29, 1.82) is 0 Å². The van der Waals surface area contributed by atoms with E-state index in [2.05, 4.69) is 4.98 Å². The molecule has 2 N–H and O–H groups in total. The van der Waals surface area contributed by atoms with Gasteiger partial charge in [0.1, 0.15) is 5.82 Å². The average Bonchev–Trinajstić information content (AvgIpc) is 2.75. The Morgan fingerprint density at radius 3 is 2.30 bits per heavy atom. The second-order valence-electron chi connectivity index (χ2n) is 5.29. The van der Waals surface area contributed by atoms with E-state index in [1.807, 2.05) is 27.7 Å². The number of aryl methyl sites for hydroxylation is 1. The lowest BCUT2D eigenvalue weighted by molar-refractivity contribution is 0.551. The highest BCUT2D eigenvalue weighted by Gasteiger charge is 2.22. The summed E-state index contributed by atoms with van der Waals surface area (Å²) in [6.45, 7) is 8.11. The van der Waals surface area contributed by atoms with Gasteiger partial charge >= 0.3 is 5.69 Å². The summed E-state index contributed by atoms with van der Waals surface area (Å²) < 4.78 is 4.45. The molecule has 0 aromatic carbocycles. The molecule has 0 saturated heterocycles. The summed E-state index contributed by atoms with van der Waals surface area (Å²) in [5.74, 6) is 0.625. The molecule has 2 aromatic heterocycles. The maximum Gasteiger partial charge on any atom is 0.332 e. The largest absolute Gasteiger partial charge is 0.332 e. The van der Waals surface area contributed by atoms with Crippen LogP contribution in [0.25, 0.3) is 11.2 Å². The molecule has 0 amide bonds. The maximum atomic E-state index is 12.4. The molecule has 0 saturated carbocycles. The molecule has 0 radical (unpaired) electrons. The minimum absolute atomic E-state index is 0.0852. The molecule has 7 heteroatoms. The zero-order valence-corrected chi connectivity index (χ0v) is 12.5. The first-order valence-electron chi connectivity index (χ1n) is 6.78. The van der Waals surface area contributed by atoms with Gasteiger partial charge in [-0.2, -0.15) is 0 Å². The van der Waals surface area contributed by atoms with E-state index in [1.165, 1.54) is 11.6 Å². The minimum atomic E-state index is -0.352. The Morgan fingerprint density at radius 2 is 1.85 bits per heavy atom. The number of nitrogens with zero attached hydrogens (tertiary/aromatic N) is 4. The van der Waals surface area contributed by atoms with Crippen LogP contribution in [-0.2, 0) is 13.6 Å². The predicted octanol–water partition coefficient (Wildman–Crippen LogP) is 0.517. The predicted molar refractivity (Wildman–Crippen MR) is 77.9 cm³/mol. The van der Waals surface area contributed by atoms with Crippen molar-refractivity contribution in [3.8, 4) is 0 Å². The van der Waals surface area contributed by atoms with Crippen LogP contribution in [0.15, 0.2) is 9.59 Å². The fourth-order valence-corrected chi connectivity index (χ4v) is 2.47. The van der Waals surface area contributed by atoms with Gasteiger partial charge in [-0.05, 0) is 27.7 Å². The fourth-order valence-electron chi connectivity index (χ4n) is 2.47. The van der Waals surface area contributed by atoms with Gasteiger partial charge in [-0.15, -0.1) is 0 Å². The van der Waals surface area contributed by atoms with E-state index in [-0.39, 0.29) is 23.3 Å². The summed E-state index contributed by atoms with van der Waals surface area (Å²) in [5.41, 5.74) is 6.10. The molecule has 20 heavy (non-hydrogen) atoms. The van der Waals surface area contributed by atoms with Gasteiger partial charge < -0.3 is 10.3 Å². The van der Waals surface area contributed by atoms with Crippen LogP contribution < -0.4 is 17.0 Å². The normalized spacial score (nSPS) is 13.3. The molecule has 2 aromatic rings. The van der Waals surface area contributed by atoms with Crippen LogP contribution in [0.2, 0.25) is 0 Å². The molecule has 2 rings (SSSR count). The summed E-state index contributed by atoms with van der Waals surface area (Å²) in [7, 11) is 1.49. The minimum Gasteiger partial charge on any atom is -0.322 e. The number of hydrogen-bond acceptors (Lipinski definition) is 4. The van der Waals surface area contributed by atoms with Gasteiger partial charge in [-0.3, -0.25) is 13.9 Å². The lowest BCUT2D eigenvalue weighted by atomic mass is 10.3. The van der Waals surface area contributed by atoms with E-state index in [1.54, 1.807) is 4.57 Å². The van der Waals surface area contributed by atoms with Crippen molar-refractivity contribution >= 4 is 11.2 Å².